The molecule has 8 nitrogen and oxygen atoms in total. The lowest BCUT2D eigenvalue weighted by Gasteiger charge is -2.14. The van der Waals surface area contributed by atoms with Gasteiger partial charge in [0.2, 0.25) is 0 Å². The highest BCUT2D eigenvalue weighted by Crippen LogP contribution is 2.27. The van der Waals surface area contributed by atoms with Crippen molar-refractivity contribution < 1.29 is 28.5 Å². The number of hydrogen-bond donors (Lipinski definition) is 2. The van der Waals surface area contributed by atoms with Gasteiger partial charge in [-0.3, -0.25) is 9.59 Å². The highest BCUT2D eigenvalue weighted by Gasteiger charge is 2.12. The van der Waals surface area contributed by atoms with Crippen LogP contribution in [-0.2, 0) is 9.59 Å². The first-order valence-electron chi connectivity index (χ1n) is 9.81. The number of amides is 2. The van der Waals surface area contributed by atoms with E-state index in [2.05, 4.69) is 10.6 Å². The lowest BCUT2D eigenvalue weighted by Crippen LogP contribution is -2.22. The van der Waals surface area contributed by atoms with Crippen LogP contribution in [-0.4, -0.2) is 39.2 Å². The summed E-state index contributed by atoms with van der Waals surface area (Å²) in [7, 11) is 3.05. The Hall–Kier alpha value is -4.20. The third-order valence-corrected chi connectivity index (χ3v) is 4.33. The first kappa shape index (κ1) is 22.5. The first-order valence-corrected chi connectivity index (χ1v) is 9.81. The molecular formula is C24H24N2O6. The average Bonchev–Trinajstić information content (AvgIpc) is 2.82. The van der Waals surface area contributed by atoms with Gasteiger partial charge in [0.1, 0.15) is 11.5 Å². The molecule has 8 heteroatoms. The molecular weight excluding hydrogens is 412 g/mol. The number of benzene rings is 3. The number of ether oxygens (including phenoxy) is 4. The Kier molecular flexibility index (Phi) is 7.91. The average molecular weight is 436 g/mol. The van der Waals surface area contributed by atoms with E-state index in [-0.39, 0.29) is 25.0 Å². The topological polar surface area (TPSA) is 95.1 Å². The van der Waals surface area contributed by atoms with Crippen molar-refractivity contribution in [2.24, 2.45) is 0 Å². The fraction of sp³-hybridized carbons (Fsp3) is 0.167. The van der Waals surface area contributed by atoms with Gasteiger partial charge in [-0.2, -0.15) is 0 Å². The Morgan fingerprint density at radius 2 is 0.938 bits per heavy atom. The van der Waals surface area contributed by atoms with Gasteiger partial charge in [-0.15, -0.1) is 0 Å². The molecule has 0 saturated heterocycles. The van der Waals surface area contributed by atoms with Crippen molar-refractivity contribution in [2.45, 2.75) is 0 Å². The van der Waals surface area contributed by atoms with Crippen LogP contribution in [0.25, 0.3) is 0 Å². The minimum atomic E-state index is -0.363. The van der Waals surface area contributed by atoms with Crippen LogP contribution in [0.15, 0.2) is 72.8 Å². The summed E-state index contributed by atoms with van der Waals surface area (Å²) in [6.45, 7) is -0.488. The number of carbonyl (C=O) groups is 2. The van der Waals surface area contributed by atoms with Gasteiger partial charge in [0.05, 0.1) is 25.6 Å². The second-order valence-electron chi connectivity index (χ2n) is 6.52. The Labute approximate surface area is 186 Å². The van der Waals surface area contributed by atoms with Crippen molar-refractivity contribution in [1.29, 1.82) is 0 Å². The summed E-state index contributed by atoms with van der Waals surface area (Å²) < 4.78 is 21.6. The molecule has 3 aromatic rings. The first-order chi connectivity index (χ1) is 15.6. The number of carbonyl (C=O) groups excluding carboxylic acids is 2. The molecule has 0 bridgehead atoms. The van der Waals surface area contributed by atoms with Crippen LogP contribution in [0, 0.1) is 0 Å². The van der Waals surface area contributed by atoms with Crippen LogP contribution < -0.4 is 29.6 Å². The summed E-state index contributed by atoms with van der Waals surface area (Å²) >= 11 is 0. The summed E-state index contributed by atoms with van der Waals surface area (Å²) in [5, 5.41) is 5.47. The summed E-state index contributed by atoms with van der Waals surface area (Å²) in [5.74, 6) is 1.05. The van der Waals surface area contributed by atoms with Crippen molar-refractivity contribution in [1.82, 2.24) is 0 Å². The van der Waals surface area contributed by atoms with Crippen LogP contribution in [0.3, 0.4) is 0 Å². The van der Waals surface area contributed by atoms with Crippen molar-refractivity contribution >= 4 is 23.2 Å². The SMILES string of the molecule is COc1ccccc1NC(=O)COc1ccccc1OCC(=O)Nc1ccccc1OC. The van der Waals surface area contributed by atoms with E-state index >= 15 is 0 Å². The van der Waals surface area contributed by atoms with Gasteiger partial charge in [0.25, 0.3) is 11.8 Å². The van der Waals surface area contributed by atoms with Gasteiger partial charge in [0.15, 0.2) is 24.7 Å². The van der Waals surface area contributed by atoms with E-state index in [1.165, 1.54) is 14.2 Å². The Bertz CT molecular complexity index is 985. The van der Waals surface area contributed by atoms with Crippen molar-refractivity contribution in [3.63, 3.8) is 0 Å². The maximum Gasteiger partial charge on any atom is 0.262 e. The van der Waals surface area contributed by atoms with Crippen LogP contribution in [0.2, 0.25) is 0 Å². The molecule has 32 heavy (non-hydrogen) atoms. The summed E-state index contributed by atoms with van der Waals surface area (Å²) in [6.07, 6.45) is 0. The quantitative estimate of drug-likeness (QED) is 0.503. The zero-order valence-electron chi connectivity index (χ0n) is 17.8. The smallest absolute Gasteiger partial charge is 0.262 e. The van der Waals surface area contributed by atoms with E-state index in [1.807, 2.05) is 12.1 Å². The van der Waals surface area contributed by atoms with E-state index in [9.17, 15) is 9.59 Å². The molecule has 166 valence electrons. The van der Waals surface area contributed by atoms with Gasteiger partial charge in [-0.25, -0.2) is 0 Å². The molecule has 0 unspecified atom stereocenters. The Morgan fingerprint density at radius 1 is 0.594 bits per heavy atom. The molecule has 3 aromatic carbocycles. The second kappa shape index (κ2) is 11.3. The van der Waals surface area contributed by atoms with Gasteiger partial charge in [-0.05, 0) is 36.4 Å². The third-order valence-electron chi connectivity index (χ3n) is 4.33. The van der Waals surface area contributed by atoms with Crippen LogP contribution in [0.5, 0.6) is 23.0 Å². The monoisotopic (exact) mass is 436 g/mol. The second-order valence-corrected chi connectivity index (χ2v) is 6.52. The number of anilines is 2. The molecule has 2 N–H and O–H groups in total. The number of methoxy groups -OCH3 is 2. The summed E-state index contributed by atoms with van der Waals surface area (Å²) in [5.41, 5.74) is 1.09. The highest BCUT2D eigenvalue weighted by atomic mass is 16.5. The van der Waals surface area contributed by atoms with E-state index in [0.717, 1.165) is 0 Å². The third kappa shape index (κ3) is 6.15. The molecule has 0 spiro atoms. The van der Waals surface area contributed by atoms with E-state index in [0.29, 0.717) is 34.4 Å². The van der Waals surface area contributed by atoms with Crippen molar-refractivity contribution in [3.8, 4) is 23.0 Å². The molecule has 0 saturated carbocycles. The maximum absolute atomic E-state index is 12.3. The molecule has 2 amide bonds. The van der Waals surface area contributed by atoms with Gasteiger partial charge in [0, 0.05) is 0 Å². The van der Waals surface area contributed by atoms with Crippen molar-refractivity contribution in [3.05, 3.63) is 72.8 Å². The predicted octanol–water partition coefficient (Wildman–Crippen LogP) is 3.74. The fourth-order valence-corrected chi connectivity index (χ4v) is 2.84. The minimum Gasteiger partial charge on any atom is -0.495 e. The summed E-state index contributed by atoms with van der Waals surface area (Å²) in [6, 6.07) is 21.0. The van der Waals surface area contributed by atoms with Crippen molar-refractivity contribution in [2.75, 3.05) is 38.1 Å². The zero-order chi connectivity index (χ0) is 22.8. The molecule has 0 atom stereocenters. The molecule has 0 fully saturated rings. The van der Waals surface area contributed by atoms with Gasteiger partial charge < -0.3 is 29.6 Å². The van der Waals surface area contributed by atoms with Crippen LogP contribution in [0.1, 0.15) is 0 Å². The van der Waals surface area contributed by atoms with Crippen LogP contribution in [0.4, 0.5) is 11.4 Å². The standard InChI is InChI=1S/C24H24N2O6/c1-29-19-11-5-3-9-17(19)25-23(27)15-31-21-13-7-8-14-22(21)32-16-24(28)26-18-10-4-6-12-20(18)30-2/h3-14H,15-16H2,1-2H3,(H,25,27)(H,26,28). The van der Waals surface area contributed by atoms with E-state index in [1.54, 1.807) is 60.7 Å². The minimum absolute atomic E-state index is 0.244. The van der Waals surface area contributed by atoms with E-state index < -0.39 is 0 Å². The Balaban J connectivity index is 1.55. The molecule has 3 rings (SSSR count). The molecule has 0 heterocycles. The molecule has 0 aromatic heterocycles. The molecule has 0 aliphatic rings. The number of hydrogen-bond acceptors (Lipinski definition) is 6. The number of nitrogens with one attached hydrogen (secondary N) is 2. The normalized spacial score (nSPS) is 10.1. The number of rotatable bonds is 10. The lowest BCUT2D eigenvalue weighted by molar-refractivity contribution is -0.119. The van der Waals surface area contributed by atoms with Gasteiger partial charge in [-0.1, -0.05) is 36.4 Å². The van der Waals surface area contributed by atoms with E-state index in [4.69, 9.17) is 18.9 Å². The van der Waals surface area contributed by atoms with Crippen LogP contribution >= 0.6 is 0 Å². The van der Waals surface area contributed by atoms with Gasteiger partial charge >= 0.3 is 0 Å². The lowest BCUT2D eigenvalue weighted by atomic mass is 10.3. The fourth-order valence-electron chi connectivity index (χ4n) is 2.84. The zero-order valence-corrected chi connectivity index (χ0v) is 17.8. The largest absolute Gasteiger partial charge is 0.495 e. The number of para-hydroxylation sites is 6. The summed E-state index contributed by atoms with van der Waals surface area (Å²) in [4.78, 5) is 24.6. The molecule has 0 aliphatic carbocycles. The molecule has 0 radical (unpaired) electrons. The highest BCUT2D eigenvalue weighted by molar-refractivity contribution is 5.94. The maximum atomic E-state index is 12.3. The Morgan fingerprint density at radius 3 is 1.31 bits per heavy atom. The predicted molar refractivity (Wildman–Crippen MR) is 121 cm³/mol. The molecule has 0 aliphatic heterocycles.